The quantitative estimate of drug-likeness (QED) is 0.686. The molecule has 3 aliphatic rings. The Morgan fingerprint density at radius 1 is 1.29 bits per heavy atom. The zero-order valence-corrected chi connectivity index (χ0v) is 15.8. The van der Waals surface area contributed by atoms with Gasteiger partial charge < -0.3 is 15.3 Å². The molecule has 2 N–H and O–H groups in total. The molecule has 9 heteroatoms. The van der Waals surface area contributed by atoms with E-state index in [1.165, 1.54) is 4.90 Å². The number of nitrogens with zero attached hydrogens (tertiary/aromatic N) is 2. The van der Waals surface area contributed by atoms with Crippen molar-refractivity contribution in [2.75, 3.05) is 13.1 Å². The number of alkyl halides is 2. The smallest absolute Gasteiger partial charge is 0.317 e. The number of hydrogen-bond donors (Lipinski definition) is 2. The van der Waals surface area contributed by atoms with Gasteiger partial charge in [-0.15, -0.1) is 0 Å². The molecule has 2 aliphatic carbocycles. The lowest BCUT2D eigenvalue weighted by atomic mass is 9.91. The monoisotopic (exact) mass is 397 g/mol. The highest BCUT2D eigenvalue weighted by atomic mass is 19.3. The molecule has 2 amide bonds. The fourth-order valence-electron chi connectivity index (χ4n) is 4.18. The Labute approximate surface area is 162 Å². The van der Waals surface area contributed by atoms with E-state index in [1.54, 1.807) is 0 Å². The minimum atomic E-state index is -3.13. The van der Waals surface area contributed by atoms with Gasteiger partial charge in [-0.2, -0.15) is 5.26 Å². The van der Waals surface area contributed by atoms with Crippen LogP contribution in [0.25, 0.3) is 0 Å². The van der Waals surface area contributed by atoms with Gasteiger partial charge in [-0.3, -0.25) is 9.59 Å². The Hall–Kier alpha value is -2.24. The summed E-state index contributed by atoms with van der Waals surface area (Å²) in [5.41, 5.74) is -1.02. The molecule has 1 aliphatic heterocycles. The molecule has 0 aromatic heterocycles. The summed E-state index contributed by atoms with van der Waals surface area (Å²) in [7, 11) is 0. The molecule has 1 unspecified atom stereocenters. The normalized spacial score (nSPS) is 25.5. The summed E-state index contributed by atoms with van der Waals surface area (Å²) in [5.74, 6) is -4.87. The van der Waals surface area contributed by atoms with Crippen molar-refractivity contribution in [3.63, 3.8) is 0 Å². The number of nitriles is 1. The summed E-state index contributed by atoms with van der Waals surface area (Å²) in [4.78, 5) is 37.6. The number of carbonyl (C=O) groups is 3. The lowest BCUT2D eigenvalue weighted by molar-refractivity contribution is -0.139. The second-order valence-electron chi connectivity index (χ2n) is 8.76. The molecule has 2 atom stereocenters. The molecule has 0 aromatic carbocycles. The number of halogens is 2. The Bertz CT molecular complexity index is 716. The van der Waals surface area contributed by atoms with Crippen LogP contribution in [0.1, 0.15) is 51.9 Å². The number of carboxylic acid groups (broad SMARTS) is 1. The lowest BCUT2D eigenvalue weighted by Crippen LogP contribution is -2.52. The number of nitrogens with one attached hydrogen (secondary N) is 1. The third kappa shape index (κ3) is 4.42. The minimum absolute atomic E-state index is 0.131. The molecule has 0 radical (unpaired) electrons. The first-order chi connectivity index (χ1) is 13.0. The van der Waals surface area contributed by atoms with E-state index in [0.717, 1.165) is 0 Å². The maximum absolute atomic E-state index is 13.5. The Kier molecular flexibility index (Phi) is 5.11. The zero-order valence-electron chi connectivity index (χ0n) is 15.8. The fraction of sp³-hybridized carbons (Fsp3) is 0.789. The van der Waals surface area contributed by atoms with Gasteiger partial charge in [-0.05, 0) is 44.4 Å². The number of aliphatic carboxylic acids is 1. The second kappa shape index (κ2) is 6.98. The van der Waals surface area contributed by atoms with E-state index in [-0.39, 0.29) is 17.8 Å². The summed E-state index contributed by atoms with van der Waals surface area (Å²) in [6.07, 6.45) is 1.91. The van der Waals surface area contributed by atoms with E-state index in [9.17, 15) is 23.2 Å². The van der Waals surface area contributed by atoms with Crippen LogP contribution in [0.5, 0.6) is 0 Å². The SMILES string of the molecule is CC(F)(F)C[C@H](NC(=O)N1CCC2(CC1)CC2C(=O)O)C(=O)CC1(C#N)CC1. The largest absolute Gasteiger partial charge is 0.481 e. The summed E-state index contributed by atoms with van der Waals surface area (Å²) in [6.45, 7) is 1.36. The molecule has 0 aromatic rings. The molecular formula is C19H25F2N3O4. The highest BCUT2D eigenvalue weighted by Crippen LogP contribution is 2.59. The number of ketones is 1. The van der Waals surface area contributed by atoms with Crippen molar-refractivity contribution in [1.82, 2.24) is 10.2 Å². The van der Waals surface area contributed by atoms with Crippen molar-refractivity contribution >= 4 is 17.8 Å². The zero-order chi connectivity index (χ0) is 20.7. The Balaban J connectivity index is 1.58. The van der Waals surface area contributed by atoms with Crippen LogP contribution >= 0.6 is 0 Å². The fourth-order valence-corrected chi connectivity index (χ4v) is 4.18. The van der Waals surface area contributed by atoms with Gasteiger partial charge in [0.15, 0.2) is 5.78 Å². The molecule has 2 saturated carbocycles. The first-order valence-electron chi connectivity index (χ1n) is 9.59. The number of likely N-dealkylation sites (tertiary alicyclic amines) is 1. The number of urea groups is 1. The molecule has 28 heavy (non-hydrogen) atoms. The van der Waals surface area contributed by atoms with Crippen molar-refractivity contribution in [3.05, 3.63) is 0 Å². The van der Waals surface area contributed by atoms with Gasteiger partial charge in [-0.1, -0.05) is 0 Å². The molecule has 154 valence electrons. The third-order valence-electron chi connectivity index (χ3n) is 6.39. The predicted octanol–water partition coefficient (Wildman–Crippen LogP) is 2.56. The molecule has 0 bridgehead atoms. The number of rotatable bonds is 7. The van der Waals surface area contributed by atoms with Crippen molar-refractivity contribution in [2.45, 2.75) is 63.8 Å². The summed E-state index contributed by atoms with van der Waals surface area (Å²) >= 11 is 0. The van der Waals surface area contributed by atoms with E-state index in [4.69, 9.17) is 10.4 Å². The van der Waals surface area contributed by atoms with Gasteiger partial charge in [0.25, 0.3) is 0 Å². The topological polar surface area (TPSA) is 110 Å². The van der Waals surface area contributed by atoms with Crippen molar-refractivity contribution in [1.29, 1.82) is 5.26 Å². The summed E-state index contributed by atoms with van der Waals surface area (Å²) < 4.78 is 27.1. The average molecular weight is 397 g/mol. The van der Waals surface area contributed by atoms with E-state index in [0.29, 0.717) is 52.1 Å². The Morgan fingerprint density at radius 3 is 2.32 bits per heavy atom. The molecule has 1 heterocycles. The van der Waals surface area contributed by atoms with Gasteiger partial charge in [-0.25, -0.2) is 13.6 Å². The molecule has 1 saturated heterocycles. The Morgan fingerprint density at radius 2 is 1.89 bits per heavy atom. The highest BCUT2D eigenvalue weighted by Gasteiger charge is 2.59. The number of piperidine rings is 1. The van der Waals surface area contributed by atoms with E-state index < -0.39 is 41.6 Å². The van der Waals surface area contributed by atoms with Crippen LogP contribution in [0, 0.1) is 28.1 Å². The van der Waals surface area contributed by atoms with Gasteiger partial charge in [0, 0.05) is 25.9 Å². The first-order valence-corrected chi connectivity index (χ1v) is 9.59. The van der Waals surface area contributed by atoms with Gasteiger partial charge >= 0.3 is 12.0 Å². The van der Waals surface area contributed by atoms with E-state index in [2.05, 4.69) is 11.4 Å². The number of carboxylic acids is 1. The number of carbonyl (C=O) groups excluding carboxylic acids is 2. The van der Waals surface area contributed by atoms with Crippen molar-refractivity contribution in [2.24, 2.45) is 16.7 Å². The minimum Gasteiger partial charge on any atom is -0.481 e. The van der Waals surface area contributed by atoms with Crippen LogP contribution in [0.2, 0.25) is 0 Å². The van der Waals surface area contributed by atoms with Crippen LogP contribution < -0.4 is 5.32 Å². The van der Waals surface area contributed by atoms with Gasteiger partial charge in [0.1, 0.15) is 0 Å². The second-order valence-corrected chi connectivity index (χ2v) is 8.76. The predicted molar refractivity (Wildman–Crippen MR) is 93.4 cm³/mol. The van der Waals surface area contributed by atoms with Crippen LogP contribution in [-0.4, -0.2) is 52.8 Å². The lowest BCUT2D eigenvalue weighted by Gasteiger charge is -2.34. The number of Topliss-reactive ketones (excluding diaryl/α,β-unsaturated/α-hetero) is 1. The van der Waals surface area contributed by atoms with Crippen LogP contribution in [0.4, 0.5) is 13.6 Å². The van der Waals surface area contributed by atoms with Crippen molar-refractivity contribution in [3.8, 4) is 6.07 Å². The molecular weight excluding hydrogens is 372 g/mol. The van der Waals surface area contributed by atoms with Gasteiger partial charge in [0.2, 0.25) is 5.92 Å². The van der Waals surface area contributed by atoms with E-state index >= 15 is 0 Å². The average Bonchev–Trinajstić information content (AvgIpc) is 3.51. The maximum Gasteiger partial charge on any atom is 0.317 e. The van der Waals surface area contributed by atoms with Crippen LogP contribution in [0.15, 0.2) is 0 Å². The van der Waals surface area contributed by atoms with Gasteiger partial charge in [0.05, 0.1) is 23.4 Å². The molecule has 3 fully saturated rings. The van der Waals surface area contributed by atoms with Crippen molar-refractivity contribution < 1.29 is 28.3 Å². The number of hydrogen-bond acceptors (Lipinski definition) is 4. The highest BCUT2D eigenvalue weighted by molar-refractivity contribution is 5.89. The first kappa shape index (κ1) is 20.5. The maximum atomic E-state index is 13.5. The molecule has 7 nitrogen and oxygen atoms in total. The summed E-state index contributed by atoms with van der Waals surface area (Å²) in [6, 6.07) is 0.131. The number of amides is 2. The van der Waals surface area contributed by atoms with E-state index in [1.807, 2.05) is 0 Å². The van der Waals surface area contributed by atoms with Crippen LogP contribution in [-0.2, 0) is 9.59 Å². The standard InChI is InChI=1S/C19H25F2N3O4/c1-17(20,21)9-13(14(25)10-18(11-22)2-3-18)23-16(28)24-6-4-19(5-7-24)8-12(19)15(26)27/h12-13H,2-10H2,1H3,(H,23,28)(H,26,27)/t12?,13-/m0/s1. The van der Waals surface area contributed by atoms with Crippen LogP contribution in [0.3, 0.4) is 0 Å². The third-order valence-corrected chi connectivity index (χ3v) is 6.39. The molecule has 1 spiro atoms. The summed E-state index contributed by atoms with van der Waals surface area (Å²) in [5, 5.41) is 20.7. The molecule has 3 rings (SSSR count).